The van der Waals surface area contributed by atoms with Crippen molar-refractivity contribution in [3.63, 3.8) is 0 Å². The van der Waals surface area contributed by atoms with Crippen molar-refractivity contribution in [2.45, 2.75) is 25.4 Å². The molecule has 0 amide bonds. The highest BCUT2D eigenvalue weighted by Gasteiger charge is 2.15. The Morgan fingerprint density at radius 2 is 2.47 bits per heavy atom. The molecule has 2 heterocycles. The van der Waals surface area contributed by atoms with Crippen molar-refractivity contribution >= 4 is 11.0 Å². The first kappa shape index (κ1) is 10.6. The topological polar surface area (TPSA) is 39.1 Å². The molecule has 1 aliphatic heterocycles. The number of benzene rings is 1. The highest BCUT2D eigenvalue weighted by Crippen LogP contribution is 2.20. The van der Waals surface area contributed by atoms with E-state index in [9.17, 15) is 0 Å². The summed E-state index contributed by atoms with van der Waals surface area (Å²) in [6.07, 6.45) is 4.46. The Morgan fingerprint density at radius 1 is 1.53 bits per heavy atom. The van der Waals surface area contributed by atoms with Gasteiger partial charge in [-0.05, 0) is 31.5 Å². The molecule has 2 aromatic rings. The molecular weight excluding hydrogens is 214 g/mol. The van der Waals surface area contributed by atoms with Crippen LogP contribution in [0.3, 0.4) is 0 Å². The van der Waals surface area contributed by atoms with E-state index in [-0.39, 0.29) is 0 Å². The number of nitrogens with one attached hydrogen (secondary N) is 1. The van der Waals surface area contributed by atoms with Crippen molar-refractivity contribution in [1.29, 1.82) is 0 Å². The summed E-state index contributed by atoms with van der Waals surface area (Å²) >= 11 is 0. The Balaban J connectivity index is 1.89. The van der Waals surface area contributed by atoms with Crippen LogP contribution in [-0.4, -0.2) is 29.2 Å². The van der Waals surface area contributed by atoms with Gasteiger partial charge in [0.05, 0.1) is 24.5 Å². The van der Waals surface area contributed by atoms with Crippen molar-refractivity contribution < 1.29 is 4.74 Å². The molecular formula is C13H17N3O. The lowest BCUT2D eigenvalue weighted by atomic mass is 10.2. The van der Waals surface area contributed by atoms with Crippen molar-refractivity contribution in [3.05, 3.63) is 24.5 Å². The molecule has 1 aliphatic rings. The van der Waals surface area contributed by atoms with Gasteiger partial charge in [-0.2, -0.15) is 0 Å². The Morgan fingerprint density at radius 3 is 3.24 bits per heavy atom. The molecule has 0 aliphatic carbocycles. The molecule has 3 rings (SSSR count). The van der Waals surface area contributed by atoms with Gasteiger partial charge in [0.2, 0.25) is 0 Å². The highest BCUT2D eigenvalue weighted by atomic mass is 16.5. The van der Waals surface area contributed by atoms with E-state index in [2.05, 4.69) is 20.9 Å². The number of ether oxygens (including phenoxy) is 1. The maximum Gasteiger partial charge on any atom is 0.121 e. The number of nitrogens with zero attached hydrogens (tertiary/aromatic N) is 2. The van der Waals surface area contributed by atoms with Gasteiger partial charge in [0.15, 0.2) is 0 Å². The Labute approximate surface area is 101 Å². The lowest BCUT2D eigenvalue weighted by Gasteiger charge is -2.11. The van der Waals surface area contributed by atoms with Crippen LogP contribution >= 0.6 is 0 Å². The highest BCUT2D eigenvalue weighted by molar-refractivity contribution is 5.77. The summed E-state index contributed by atoms with van der Waals surface area (Å²) in [4.78, 5) is 4.42. The second-order valence-electron chi connectivity index (χ2n) is 4.54. The first-order chi connectivity index (χ1) is 8.36. The van der Waals surface area contributed by atoms with Gasteiger partial charge in [-0.25, -0.2) is 4.98 Å². The van der Waals surface area contributed by atoms with Crippen LogP contribution in [0.25, 0.3) is 11.0 Å². The second-order valence-corrected chi connectivity index (χ2v) is 4.54. The van der Waals surface area contributed by atoms with Gasteiger partial charge in [0, 0.05) is 18.7 Å². The predicted molar refractivity (Wildman–Crippen MR) is 67.3 cm³/mol. The third kappa shape index (κ3) is 2.00. The third-order valence-electron chi connectivity index (χ3n) is 3.41. The van der Waals surface area contributed by atoms with E-state index in [4.69, 9.17) is 4.74 Å². The van der Waals surface area contributed by atoms with Gasteiger partial charge >= 0.3 is 0 Å². The Hall–Kier alpha value is -1.55. The van der Waals surface area contributed by atoms with E-state index >= 15 is 0 Å². The van der Waals surface area contributed by atoms with Gasteiger partial charge in [-0.1, -0.05) is 0 Å². The number of rotatable bonds is 3. The first-order valence-corrected chi connectivity index (χ1v) is 6.09. The standard InChI is InChI=1S/C13H17N3O/c1-17-11-4-5-13-12(7-11)15-9-16(13)8-10-3-2-6-14-10/h4-5,7,9-10,14H,2-3,6,8H2,1H3. The fourth-order valence-electron chi connectivity index (χ4n) is 2.47. The number of hydrogen-bond acceptors (Lipinski definition) is 3. The van der Waals surface area contributed by atoms with Crippen LogP contribution < -0.4 is 10.1 Å². The van der Waals surface area contributed by atoms with Crippen LogP contribution in [-0.2, 0) is 6.54 Å². The minimum atomic E-state index is 0.592. The van der Waals surface area contributed by atoms with Crippen LogP contribution in [0.4, 0.5) is 0 Å². The van der Waals surface area contributed by atoms with Crippen molar-refractivity contribution in [2.75, 3.05) is 13.7 Å². The Bertz CT molecular complexity index is 514. The molecule has 90 valence electrons. The van der Waals surface area contributed by atoms with Crippen LogP contribution in [0.1, 0.15) is 12.8 Å². The number of methoxy groups -OCH3 is 1. The Kier molecular flexibility index (Phi) is 2.73. The summed E-state index contributed by atoms with van der Waals surface area (Å²) in [5.74, 6) is 0.863. The smallest absolute Gasteiger partial charge is 0.121 e. The van der Waals surface area contributed by atoms with Gasteiger partial charge in [-0.3, -0.25) is 0 Å². The van der Waals surface area contributed by atoms with Gasteiger partial charge in [0.1, 0.15) is 5.75 Å². The van der Waals surface area contributed by atoms with Crippen LogP contribution in [0.2, 0.25) is 0 Å². The molecule has 1 atom stereocenters. The van der Waals surface area contributed by atoms with E-state index in [1.54, 1.807) is 7.11 Å². The number of hydrogen-bond donors (Lipinski definition) is 1. The molecule has 0 saturated carbocycles. The minimum Gasteiger partial charge on any atom is -0.497 e. The minimum absolute atomic E-state index is 0.592. The fourth-order valence-corrected chi connectivity index (χ4v) is 2.47. The number of aromatic nitrogens is 2. The first-order valence-electron chi connectivity index (χ1n) is 6.09. The molecule has 0 spiro atoms. The van der Waals surface area contributed by atoms with E-state index in [1.807, 2.05) is 18.5 Å². The summed E-state index contributed by atoms with van der Waals surface area (Å²) in [7, 11) is 1.68. The maximum absolute atomic E-state index is 5.20. The second kappa shape index (κ2) is 4.37. The lowest BCUT2D eigenvalue weighted by molar-refractivity contribution is 0.415. The van der Waals surface area contributed by atoms with Gasteiger partial charge in [-0.15, -0.1) is 0 Å². The quantitative estimate of drug-likeness (QED) is 0.875. The predicted octanol–water partition coefficient (Wildman–Crippen LogP) is 1.80. The fraction of sp³-hybridized carbons (Fsp3) is 0.462. The molecule has 0 bridgehead atoms. The summed E-state index contributed by atoms with van der Waals surface area (Å²) in [5, 5.41) is 3.51. The van der Waals surface area contributed by atoms with Crippen LogP contribution in [0.5, 0.6) is 5.75 Å². The summed E-state index contributed by atoms with van der Waals surface area (Å²) in [5.41, 5.74) is 2.18. The molecule has 1 aromatic heterocycles. The molecule has 1 fully saturated rings. The zero-order valence-electron chi connectivity index (χ0n) is 10.0. The zero-order chi connectivity index (χ0) is 11.7. The normalized spacial score (nSPS) is 19.9. The molecule has 1 N–H and O–H groups in total. The third-order valence-corrected chi connectivity index (χ3v) is 3.41. The van der Waals surface area contributed by atoms with E-state index in [0.29, 0.717) is 6.04 Å². The van der Waals surface area contributed by atoms with E-state index in [1.165, 1.54) is 18.4 Å². The SMILES string of the molecule is COc1ccc2c(c1)ncn2CC1CCCN1. The monoisotopic (exact) mass is 231 g/mol. The molecule has 1 unspecified atom stereocenters. The summed E-state index contributed by atoms with van der Waals surface area (Å²) in [6.45, 7) is 2.15. The van der Waals surface area contributed by atoms with Gasteiger partial charge < -0.3 is 14.6 Å². The van der Waals surface area contributed by atoms with Crippen LogP contribution in [0.15, 0.2) is 24.5 Å². The maximum atomic E-state index is 5.20. The van der Waals surface area contributed by atoms with Crippen molar-refractivity contribution in [3.8, 4) is 5.75 Å². The van der Waals surface area contributed by atoms with E-state index in [0.717, 1.165) is 24.4 Å². The average molecular weight is 231 g/mol. The molecule has 1 aromatic carbocycles. The number of imidazole rings is 1. The molecule has 4 heteroatoms. The van der Waals surface area contributed by atoms with E-state index < -0.39 is 0 Å². The molecule has 17 heavy (non-hydrogen) atoms. The largest absolute Gasteiger partial charge is 0.497 e. The summed E-state index contributed by atoms with van der Waals surface area (Å²) < 4.78 is 7.42. The molecule has 1 saturated heterocycles. The zero-order valence-corrected chi connectivity index (χ0v) is 10.0. The molecule has 0 radical (unpaired) electrons. The van der Waals surface area contributed by atoms with Crippen molar-refractivity contribution in [1.82, 2.24) is 14.9 Å². The summed E-state index contributed by atoms with van der Waals surface area (Å²) in [6, 6.07) is 6.64. The lowest BCUT2D eigenvalue weighted by Crippen LogP contribution is -2.26. The number of fused-ring (bicyclic) bond motifs is 1. The van der Waals surface area contributed by atoms with Crippen LogP contribution in [0, 0.1) is 0 Å². The molecule has 4 nitrogen and oxygen atoms in total. The van der Waals surface area contributed by atoms with Crippen molar-refractivity contribution in [2.24, 2.45) is 0 Å². The average Bonchev–Trinajstić information content (AvgIpc) is 2.99. The van der Waals surface area contributed by atoms with Gasteiger partial charge in [0.25, 0.3) is 0 Å².